The zero-order valence-corrected chi connectivity index (χ0v) is 8.51. The maximum absolute atomic E-state index is 6.65. The number of benzene rings is 1. The Morgan fingerprint density at radius 2 is 2.36 bits per heavy atom. The molecule has 0 amide bonds. The van der Waals surface area contributed by atoms with Crippen LogP contribution < -0.4 is 0 Å². The number of hydrogen-bond acceptors (Lipinski definition) is 2. The highest BCUT2D eigenvalue weighted by atomic mass is 32.1. The lowest BCUT2D eigenvalue weighted by Crippen LogP contribution is -1.71. The monoisotopic (exact) mass is 200 g/mol. The van der Waals surface area contributed by atoms with E-state index in [0.29, 0.717) is 0 Å². The van der Waals surface area contributed by atoms with E-state index in [4.69, 9.17) is 6.57 Å². The Hall–Kier alpha value is -1.66. The van der Waals surface area contributed by atoms with E-state index >= 15 is 0 Å². The Balaban J connectivity index is 2.51. The molecule has 0 atom stereocenters. The molecule has 0 aliphatic carbocycles. The summed E-state index contributed by atoms with van der Waals surface area (Å²) in [5.74, 6) is 0. The zero-order chi connectivity index (χ0) is 9.97. The Labute approximate surface area is 86.3 Å². The van der Waals surface area contributed by atoms with E-state index in [1.165, 1.54) is 10.9 Å². The highest BCUT2D eigenvalue weighted by molar-refractivity contribution is 7.18. The van der Waals surface area contributed by atoms with Crippen molar-refractivity contribution in [2.24, 2.45) is 0 Å². The van der Waals surface area contributed by atoms with Crippen LogP contribution in [-0.4, -0.2) is 4.98 Å². The molecule has 2 nitrogen and oxygen atoms in total. The molecule has 3 heteroatoms. The fraction of sp³-hybridized carbons (Fsp3) is 0.0909. The van der Waals surface area contributed by atoms with Gasteiger partial charge in [0.15, 0.2) is 6.20 Å². The van der Waals surface area contributed by atoms with Crippen LogP contribution in [0.2, 0.25) is 0 Å². The van der Waals surface area contributed by atoms with E-state index in [1.807, 2.05) is 25.1 Å². The number of thiazole rings is 1. The van der Waals surface area contributed by atoms with E-state index in [0.717, 1.165) is 16.1 Å². The topological polar surface area (TPSA) is 17.2 Å². The van der Waals surface area contributed by atoms with Crippen LogP contribution in [0.25, 0.3) is 21.1 Å². The molecule has 2 rings (SSSR count). The lowest BCUT2D eigenvalue weighted by Gasteiger charge is -1.91. The summed E-state index contributed by atoms with van der Waals surface area (Å²) in [5, 5.41) is 1.08. The molecule has 0 spiro atoms. The number of nitrogens with zero attached hydrogens (tertiary/aromatic N) is 2. The zero-order valence-electron chi connectivity index (χ0n) is 7.69. The molecule has 0 radical (unpaired) electrons. The van der Waals surface area contributed by atoms with Crippen molar-refractivity contribution < 1.29 is 0 Å². The highest BCUT2D eigenvalue weighted by Gasteiger charge is 1.99. The predicted molar refractivity (Wildman–Crippen MR) is 60.0 cm³/mol. The number of fused-ring (bicyclic) bond motifs is 1. The number of rotatable bonds is 1. The Morgan fingerprint density at radius 3 is 3.14 bits per heavy atom. The molecule has 1 aromatic heterocycles. The van der Waals surface area contributed by atoms with Gasteiger partial charge in [0.25, 0.3) is 0 Å². The second-order valence-corrected chi connectivity index (χ2v) is 4.14. The average Bonchev–Trinajstić information content (AvgIpc) is 2.54. The summed E-state index contributed by atoms with van der Waals surface area (Å²) >= 11 is 1.68. The number of hydrogen-bond donors (Lipinski definition) is 0. The van der Waals surface area contributed by atoms with Crippen molar-refractivity contribution in [3.63, 3.8) is 0 Å². The molecular weight excluding hydrogens is 192 g/mol. The third kappa shape index (κ3) is 1.66. The van der Waals surface area contributed by atoms with Crippen LogP contribution >= 0.6 is 11.3 Å². The first-order valence-corrected chi connectivity index (χ1v) is 5.01. The summed E-state index contributed by atoms with van der Waals surface area (Å²) in [7, 11) is 0. The minimum absolute atomic E-state index is 1.03. The van der Waals surface area contributed by atoms with Gasteiger partial charge in [-0.3, -0.25) is 0 Å². The first-order chi connectivity index (χ1) is 6.79. The molecular formula is C11H8N2S. The van der Waals surface area contributed by atoms with Gasteiger partial charge in [0.1, 0.15) is 0 Å². The molecule has 1 aromatic carbocycles. The van der Waals surface area contributed by atoms with Crippen LogP contribution in [0, 0.1) is 13.5 Å². The molecule has 0 saturated carbocycles. The minimum atomic E-state index is 1.03. The van der Waals surface area contributed by atoms with Gasteiger partial charge < -0.3 is 0 Å². The summed E-state index contributed by atoms with van der Waals surface area (Å²) in [6.07, 6.45) is 3.27. The molecule has 0 aliphatic heterocycles. The number of aryl methyl sites for hydroxylation is 1. The third-order valence-electron chi connectivity index (χ3n) is 1.86. The van der Waals surface area contributed by atoms with Crippen LogP contribution in [0.4, 0.5) is 0 Å². The SMILES string of the molecule is [C-]#[N+]/C=C/c1ccc2nc(C)sc2c1. The molecule has 0 fully saturated rings. The van der Waals surface area contributed by atoms with Crippen molar-refractivity contribution in [3.8, 4) is 0 Å². The number of aromatic nitrogens is 1. The summed E-state index contributed by atoms with van der Waals surface area (Å²) in [5.41, 5.74) is 2.09. The largest absolute Gasteiger partial charge is 0.246 e. The standard InChI is InChI=1S/C11H8N2S/c1-8-13-10-4-3-9(5-6-12-2)7-11(10)14-8/h3-7H,1H3/b6-5+. The van der Waals surface area contributed by atoms with Crippen molar-refractivity contribution in [3.05, 3.63) is 46.4 Å². The van der Waals surface area contributed by atoms with Crippen LogP contribution in [-0.2, 0) is 0 Å². The van der Waals surface area contributed by atoms with Gasteiger partial charge in [-0.1, -0.05) is 12.1 Å². The lowest BCUT2D eigenvalue weighted by atomic mass is 10.2. The van der Waals surface area contributed by atoms with Gasteiger partial charge in [-0.2, -0.15) is 0 Å². The van der Waals surface area contributed by atoms with Gasteiger partial charge in [0, 0.05) is 0 Å². The minimum Gasteiger partial charge on any atom is -0.246 e. The van der Waals surface area contributed by atoms with Gasteiger partial charge in [-0.15, -0.1) is 11.3 Å². The van der Waals surface area contributed by atoms with Gasteiger partial charge in [-0.05, 0) is 24.6 Å². The Kier molecular flexibility index (Phi) is 2.30. The molecule has 0 aliphatic rings. The van der Waals surface area contributed by atoms with Crippen molar-refractivity contribution in [1.82, 2.24) is 4.98 Å². The van der Waals surface area contributed by atoms with Crippen LogP contribution in [0.15, 0.2) is 24.4 Å². The lowest BCUT2D eigenvalue weighted by molar-refractivity contribution is 1.35. The molecule has 0 N–H and O–H groups in total. The Morgan fingerprint density at radius 1 is 1.50 bits per heavy atom. The molecule has 0 saturated heterocycles. The summed E-state index contributed by atoms with van der Waals surface area (Å²) in [4.78, 5) is 7.54. The summed E-state index contributed by atoms with van der Waals surface area (Å²) in [6.45, 7) is 8.65. The van der Waals surface area contributed by atoms with E-state index in [-0.39, 0.29) is 0 Å². The normalized spacial score (nSPS) is 10.9. The quantitative estimate of drug-likeness (QED) is 0.644. The smallest absolute Gasteiger partial charge is 0.154 e. The second-order valence-electron chi connectivity index (χ2n) is 2.90. The van der Waals surface area contributed by atoms with Gasteiger partial charge in [0.2, 0.25) is 0 Å². The fourth-order valence-corrected chi connectivity index (χ4v) is 2.16. The van der Waals surface area contributed by atoms with Gasteiger partial charge in [-0.25, -0.2) is 9.83 Å². The molecule has 68 valence electrons. The molecule has 2 aromatic rings. The van der Waals surface area contributed by atoms with Crippen molar-refractivity contribution in [2.75, 3.05) is 0 Å². The van der Waals surface area contributed by atoms with Crippen LogP contribution in [0.3, 0.4) is 0 Å². The van der Waals surface area contributed by atoms with E-state index in [1.54, 1.807) is 11.3 Å². The van der Waals surface area contributed by atoms with Crippen molar-refractivity contribution in [1.29, 1.82) is 0 Å². The molecule has 1 heterocycles. The van der Waals surface area contributed by atoms with Crippen molar-refractivity contribution in [2.45, 2.75) is 6.92 Å². The van der Waals surface area contributed by atoms with E-state index in [9.17, 15) is 0 Å². The van der Waals surface area contributed by atoms with Gasteiger partial charge >= 0.3 is 0 Å². The van der Waals surface area contributed by atoms with Crippen LogP contribution in [0.1, 0.15) is 10.6 Å². The van der Waals surface area contributed by atoms with E-state index < -0.39 is 0 Å². The first kappa shape index (κ1) is 8.92. The molecule has 0 unspecified atom stereocenters. The van der Waals surface area contributed by atoms with Crippen LogP contribution in [0.5, 0.6) is 0 Å². The third-order valence-corrected chi connectivity index (χ3v) is 2.79. The Bertz CT molecular complexity index is 532. The molecule has 0 bridgehead atoms. The summed E-state index contributed by atoms with van der Waals surface area (Å²) < 4.78 is 1.18. The first-order valence-electron chi connectivity index (χ1n) is 4.20. The average molecular weight is 200 g/mol. The fourth-order valence-electron chi connectivity index (χ4n) is 1.28. The van der Waals surface area contributed by atoms with E-state index in [2.05, 4.69) is 15.9 Å². The maximum atomic E-state index is 6.65. The predicted octanol–water partition coefficient (Wildman–Crippen LogP) is 3.49. The van der Waals surface area contributed by atoms with Gasteiger partial charge in [0.05, 0.1) is 21.8 Å². The maximum Gasteiger partial charge on any atom is 0.154 e. The highest BCUT2D eigenvalue weighted by Crippen LogP contribution is 2.22. The van der Waals surface area contributed by atoms with Crippen molar-refractivity contribution >= 4 is 27.6 Å². The second kappa shape index (κ2) is 3.60. The summed E-state index contributed by atoms with van der Waals surface area (Å²) in [6, 6.07) is 6.02. The molecule has 14 heavy (non-hydrogen) atoms.